The Balaban J connectivity index is 2.42. The fourth-order valence-electron chi connectivity index (χ4n) is 1.24. The second kappa shape index (κ2) is 6.79. The summed E-state index contributed by atoms with van der Waals surface area (Å²) >= 11 is 9.60. The van der Waals surface area contributed by atoms with Crippen molar-refractivity contribution in [2.75, 3.05) is 18.6 Å². The second-order valence-electron chi connectivity index (χ2n) is 3.91. The highest BCUT2D eigenvalue weighted by Crippen LogP contribution is 2.29. The van der Waals surface area contributed by atoms with Gasteiger partial charge in [-0.15, -0.1) is 11.3 Å². The van der Waals surface area contributed by atoms with Gasteiger partial charge < -0.3 is 5.32 Å². The number of thioether (sulfide) groups is 1. The van der Waals surface area contributed by atoms with Gasteiger partial charge in [0.15, 0.2) is 0 Å². The van der Waals surface area contributed by atoms with E-state index in [0.29, 0.717) is 6.04 Å². The van der Waals surface area contributed by atoms with Crippen molar-refractivity contribution in [2.24, 2.45) is 5.92 Å². The molecule has 0 aliphatic rings. The molecule has 1 aromatic heterocycles. The predicted octanol–water partition coefficient (Wildman–Crippen LogP) is 4.05. The molecule has 0 aromatic carbocycles. The largest absolute Gasteiger partial charge is 0.312 e. The van der Waals surface area contributed by atoms with Gasteiger partial charge in [0, 0.05) is 10.6 Å². The molecular weight excluding hydrogens is 246 g/mol. The van der Waals surface area contributed by atoms with Crippen LogP contribution in [0, 0.1) is 5.92 Å². The molecule has 1 aromatic rings. The van der Waals surface area contributed by atoms with Gasteiger partial charge in [0.2, 0.25) is 0 Å². The van der Waals surface area contributed by atoms with E-state index in [1.807, 2.05) is 24.9 Å². The average Bonchev–Trinajstić information content (AvgIpc) is 2.59. The first-order valence-electron chi connectivity index (χ1n) is 5.13. The Kier molecular flexibility index (Phi) is 6.05. The van der Waals surface area contributed by atoms with Gasteiger partial charge in [0.25, 0.3) is 0 Å². The number of rotatable bonds is 6. The average molecular weight is 264 g/mol. The lowest BCUT2D eigenvalue weighted by molar-refractivity contribution is 0.670. The lowest BCUT2D eigenvalue weighted by atomic mass is 10.3. The van der Waals surface area contributed by atoms with Crippen molar-refractivity contribution < 1.29 is 0 Å². The highest BCUT2D eigenvalue weighted by molar-refractivity contribution is 7.99. The molecule has 1 rings (SSSR count). The van der Waals surface area contributed by atoms with E-state index in [4.69, 9.17) is 11.6 Å². The molecule has 0 aliphatic heterocycles. The molecule has 1 heterocycles. The Hall–Kier alpha value is 0.300. The van der Waals surface area contributed by atoms with Crippen LogP contribution in [0.15, 0.2) is 12.1 Å². The maximum Gasteiger partial charge on any atom is 0.0931 e. The predicted molar refractivity (Wildman–Crippen MR) is 73.3 cm³/mol. The van der Waals surface area contributed by atoms with Gasteiger partial charge in [-0.3, -0.25) is 0 Å². The summed E-state index contributed by atoms with van der Waals surface area (Å²) < 4.78 is 0.874. The zero-order valence-electron chi connectivity index (χ0n) is 9.42. The maximum atomic E-state index is 5.93. The molecule has 15 heavy (non-hydrogen) atoms. The van der Waals surface area contributed by atoms with Crippen molar-refractivity contribution >= 4 is 34.7 Å². The molecule has 0 aliphatic carbocycles. The summed E-state index contributed by atoms with van der Waals surface area (Å²) in [5.41, 5.74) is 0. The van der Waals surface area contributed by atoms with E-state index in [0.717, 1.165) is 16.0 Å². The first-order chi connectivity index (χ1) is 7.13. The fraction of sp³-hybridized carbons (Fsp3) is 0.636. The highest BCUT2D eigenvalue weighted by atomic mass is 35.5. The fourth-order valence-corrected chi connectivity index (χ4v) is 3.71. The summed E-state index contributed by atoms with van der Waals surface area (Å²) in [6.45, 7) is 4.51. The van der Waals surface area contributed by atoms with Crippen molar-refractivity contribution in [3.63, 3.8) is 0 Å². The number of hydrogen-bond acceptors (Lipinski definition) is 3. The molecule has 1 nitrogen and oxygen atoms in total. The highest BCUT2D eigenvalue weighted by Gasteiger charge is 2.11. The normalized spacial score (nSPS) is 13.4. The quantitative estimate of drug-likeness (QED) is 0.831. The third-order valence-electron chi connectivity index (χ3n) is 2.02. The van der Waals surface area contributed by atoms with Crippen LogP contribution in [0.5, 0.6) is 0 Å². The molecular formula is C11H18ClNS2. The number of nitrogens with one attached hydrogen (secondary N) is 1. The minimum atomic E-state index is 0.436. The van der Waals surface area contributed by atoms with Gasteiger partial charge in [0.1, 0.15) is 0 Å². The van der Waals surface area contributed by atoms with Crippen molar-refractivity contribution in [3.05, 3.63) is 21.3 Å². The van der Waals surface area contributed by atoms with Gasteiger partial charge in [-0.2, -0.15) is 11.8 Å². The molecule has 1 N–H and O–H groups in total. The first kappa shape index (κ1) is 13.4. The standard InChI is InChI=1S/C11H18ClNS2/c1-8(2)6-14-7-9(13-3)10-4-5-11(12)15-10/h4-5,8-9,13H,6-7H2,1-3H3. The summed E-state index contributed by atoms with van der Waals surface area (Å²) in [5, 5.41) is 3.34. The van der Waals surface area contributed by atoms with Gasteiger partial charge >= 0.3 is 0 Å². The molecule has 0 spiro atoms. The van der Waals surface area contributed by atoms with Gasteiger partial charge in [-0.05, 0) is 30.9 Å². The minimum absolute atomic E-state index is 0.436. The summed E-state index contributed by atoms with van der Waals surface area (Å²) in [5.74, 6) is 3.10. The van der Waals surface area contributed by atoms with Gasteiger partial charge in [0.05, 0.1) is 10.4 Å². The van der Waals surface area contributed by atoms with Crippen LogP contribution >= 0.6 is 34.7 Å². The number of halogens is 1. The van der Waals surface area contributed by atoms with Crippen molar-refractivity contribution in [2.45, 2.75) is 19.9 Å². The van der Waals surface area contributed by atoms with Crippen LogP contribution in [0.25, 0.3) is 0 Å². The molecule has 1 atom stereocenters. The molecule has 0 amide bonds. The smallest absolute Gasteiger partial charge is 0.0931 e. The number of hydrogen-bond donors (Lipinski definition) is 1. The van der Waals surface area contributed by atoms with E-state index >= 15 is 0 Å². The molecule has 0 bridgehead atoms. The van der Waals surface area contributed by atoms with E-state index in [-0.39, 0.29) is 0 Å². The lowest BCUT2D eigenvalue weighted by Crippen LogP contribution is -2.18. The van der Waals surface area contributed by atoms with Crippen molar-refractivity contribution in [1.29, 1.82) is 0 Å². The van der Waals surface area contributed by atoms with Crippen molar-refractivity contribution in [1.82, 2.24) is 5.32 Å². The Labute approximate surface area is 106 Å². The van der Waals surface area contributed by atoms with Crippen LogP contribution < -0.4 is 5.32 Å². The van der Waals surface area contributed by atoms with E-state index < -0.39 is 0 Å². The minimum Gasteiger partial charge on any atom is -0.312 e. The second-order valence-corrected chi connectivity index (χ2v) is 6.74. The van der Waals surface area contributed by atoms with E-state index in [9.17, 15) is 0 Å². The third kappa shape index (κ3) is 4.77. The Morgan fingerprint density at radius 2 is 2.13 bits per heavy atom. The first-order valence-corrected chi connectivity index (χ1v) is 7.48. The van der Waals surface area contributed by atoms with E-state index in [1.54, 1.807) is 11.3 Å². The zero-order valence-corrected chi connectivity index (χ0v) is 11.8. The molecule has 1 unspecified atom stereocenters. The summed E-state index contributed by atoms with van der Waals surface area (Å²) in [6.07, 6.45) is 0. The van der Waals surface area contributed by atoms with Crippen LogP contribution in [0.3, 0.4) is 0 Å². The SMILES string of the molecule is CNC(CSCC(C)C)c1ccc(Cl)s1. The van der Waals surface area contributed by atoms with Gasteiger partial charge in [-0.1, -0.05) is 25.4 Å². The molecule has 0 saturated heterocycles. The van der Waals surface area contributed by atoms with Gasteiger partial charge in [-0.25, -0.2) is 0 Å². The van der Waals surface area contributed by atoms with Crippen LogP contribution in [-0.2, 0) is 0 Å². The third-order valence-corrected chi connectivity index (χ3v) is 4.84. The van der Waals surface area contributed by atoms with Crippen LogP contribution in [0.4, 0.5) is 0 Å². The Bertz CT molecular complexity index is 286. The van der Waals surface area contributed by atoms with E-state index in [1.165, 1.54) is 10.6 Å². The summed E-state index contributed by atoms with van der Waals surface area (Å²) in [6, 6.07) is 4.52. The summed E-state index contributed by atoms with van der Waals surface area (Å²) in [4.78, 5) is 1.33. The van der Waals surface area contributed by atoms with Crippen LogP contribution in [0.1, 0.15) is 24.8 Å². The number of thiophene rings is 1. The van der Waals surface area contributed by atoms with E-state index in [2.05, 4.69) is 25.2 Å². The zero-order chi connectivity index (χ0) is 11.3. The molecule has 0 saturated carbocycles. The van der Waals surface area contributed by atoms with Crippen LogP contribution in [-0.4, -0.2) is 18.6 Å². The molecule has 0 fully saturated rings. The monoisotopic (exact) mass is 263 g/mol. The maximum absolute atomic E-state index is 5.93. The lowest BCUT2D eigenvalue weighted by Gasteiger charge is -2.14. The Morgan fingerprint density at radius 1 is 1.40 bits per heavy atom. The molecule has 0 radical (unpaired) electrons. The topological polar surface area (TPSA) is 12.0 Å². The van der Waals surface area contributed by atoms with Crippen molar-refractivity contribution in [3.8, 4) is 0 Å². The Morgan fingerprint density at radius 3 is 2.60 bits per heavy atom. The molecule has 86 valence electrons. The van der Waals surface area contributed by atoms with Crippen LogP contribution in [0.2, 0.25) is 4.34 Å². The molecule has 4 heteroatoms. The summed E-state index contributed by atoms with van der Waals surface area (Å²) in [7, 11) is 2.01.